The van der Waals surface area contributed by atoms with Crippen molar-refractivity contribution in [3.63, 3.8) is 0 Å². The molecular weight excluding hydrogens is 324 g/mol. The molecule has 2 aliphatic rings. The number of carbonyl (C=O) groups is 2. The molecule has 0 aliphatic heterocycles. The van der Waals surface area contributed by atoms with Crippen molar-refractivity contribution in [2.24, 2.45) is 11.3 Å². The van der Waals surface area contributed by atoms with Gasteiger partial charge in [0.15, 0.2) is 5.78 Å². The van der Waals surface area contributed by atoms with Crippen molar-refractivity contribution in [1.82, 2.24) is 0 Å². The van der Waals surface area contributed by atoms with Gasteiger partial charge in [-0.15, -0.1) is 0 Å². The van der Waals surface area contributed by atoms with Crippen molar-refractivity contribution in [2.75, 3.05) is 0 Å². The largest absolute Gasteiger partial charge is 0.298 e. The van der Waals surface area contributed by atoms with Crippen LogP contribution in [0.5, 0.6) is 0 Å². The van der Waals surface area contributed by atoms with E-state index < -0.39 is 0 Å². The van der Waals surface area contributed by atoms with Crippen LogP contribution in [-0.2, 0) is 9.59 Å². The third-order valence-electron chi connectivity index (χ3n) is 3.92. The minimum Gasteiger partial charge on any atom is -0.298 e. The third kappa shape index (κ3) is 1.84. The van der Waals surface area contributed by atoms with E-state index in [1.165, 1.54) is 0 Å². The zero-order chi connectivity index (χ0) is 11.2. The zero-order valence-electron chi connectivity index (χ0n) is 8.63. The molecule has 2 aliphatic carbocycles. The molecule has 0 aromatic rings. The molecule has 84 valence electrons. The van der Waals surface area contributed by atoms with Gasteiger partial charge >= 0.3 is 0 Å². The molecule has 4 heteroatoms. The highest BCUT2D eigenvalue weighted by atomic mass is 79.9. The van der Waals surface area contributed by atoms with Gasteiger partial charge in [-0.05, 0) is 25.2 Å². The Labute approximate surface area is 106 Å². The number of alkyl halides is 2. The topological polar surface area (TPSA) is 34.1 Å². The Bertz CT molecular complexity index is 316. The van der Waals surface area contributed by atoms with E-state index in [0.29, 0.717) is 12.8 Å². The highest BCUT2D eigenvalue weighted by Crippen LogP contribution is 2.49. The van der Waals surface area contributed by atoms with Gasteiger partial charge in [0.25, 0.3) is 0 Å². The van der Waals surface area contributed by atoms with Gasteiger partial charge < -0.3 is 0 Å². The van der Waals surface area contributed by atoms with Crippen LogP contribution < -0.4 is 0 Å². The molecule has 0 amide bonds. The molecule has 0 unspecified atom stereocenters. The summed E-state index contributed by atoms with van der Waals surface area (Å²) in [5.74, 6) is 0.814. The number of halogens is 2. The van der Waals surface area contributed by atoms with Gasteiger partial charge in [0, 0.05) is 11.8 Å². The first-order valence-corrected chi connectivity index (χ1v) is 7.13. The van der Waals surface area contributed by atoms with Crippen molar-refractivity contribution in [1.29, 1.82) is 0 Å². The van der Waals surface area contributed by atoms with E-state index in [1.54, 1.807) is 0 Å². The number of ketones is 2. The molecule has 2 saturated carbocycles. The predicted molar refractivity (Wildman–Crippen MR) is 65.5 cm³/mol. The average Bonchev–Trinajstić information content (AvgIpc) is 2.18. The van der Waals surface area contributed by atoms with Gasteiger partial charge in [0.2, 0.25) is 0 Å². The Morgan fingerprint density at radius 2 is 1.87 bits per heavy atom. The lowest BCUT2D eigenvalue weighted by Gasteiger charge is -2.46. The van der Waals surface area contributed by atoms with Crippen LogP contribution >= 0.6 is 31.9 Å². The summed E-state index contributed by atoms with van der Waals surface area (Å²) in [4.78, 5) is 23.6. The van der Waals surface area contributed by atoms with Gasteiger partial charge in [-0.3, -0.25) is 9.59 Å². The van der Waals surface area contributed by atoms with Crippen molar-refractivity contribution in [3.8, 4) is 0 Å². The van der Waals surface area contributed by atoms with Crippen LogP contribution in [-0.4, -0.2) is 21.2 Å². The maximum atomic E-state index is 12.2. The monoisotopic (exact) mass is 336 g/mol. The standard InChI is InChI=1S/C11H14Br2O2/c1-11-5-8(13)9(14)4-6(11)2-3-7(12)10(11)15/h6-8H,2-5H2,1H3/t6-,7-,8+,11+/m1/s1. The Balaban J connectivity index is 2.28. The van der Waals surface area contributed by atoms with Crippen molar-refractivity contribution in [2.45, 2.75) is 42.3 Å². The summed E-state index contributed by atoms with van der Waals surface area (Å²) in [6.45, 7) is 2.02. The van der Waals surface area contributed by atoms with E-state index in [4.69, 9.17) is 0 Å². The highest BCUT2D eigenvalue weighted by Gasteiger charge is 2.51. The molecule has 15 heavy (non-hydrogen) atoms. The molecule has 0 spiro atoms. The maximum Gasteiger partial charge on any atom is 0.152 e. The first-order valence-electron chi connectivity index (χ1n) is 5.30. The van der Waals surface area contributed by atoms with E-state index in [9.17, 15) is 9.59 Å². The van der Waals surface area contributed by atoms with Crippen LogP contribution in [0.15, 0.2) is 0 Å². The van der Waals surface area contributed by atoms with Gasteiger partial charge in [-0.2, -0.15) is 0 Å². The van der Waals surface area contributed by atoms with Gasteiger partial charge in [-0.25, -0.2) is 0 Å². The molecule has 0 bridgehead atoms. The Morgan fingerprint density at radius 3 is 2.53 bits per heavy atom. The Hall–Kier alpha value is 0.300. The molecule has 2 nitrogen and oxygen atoms in total. The van der Waals surface area contributed by atoms with E-state index in [0.717, 1.165) is 12.8 Å². The normalized spacial score (nSPS) is 46.5. The SMILES string of the molecule is C[C@]12C[C@H](Br)C(=O)C[C@H]1CC[C@@H](Br)C2=O. The second-order valence-corrected chi connectivity index (χ2v) is 7.08. The first kappa shape index (κ1) is 11.8. The predicted octanol–water partition coefficient (Wildman–Crippen LogP) is 2.86. The number of carbonyl (C=O) groups excluding carboxylic acids is 2. The molecule has 2 rings (SSSR count). The fraction of sp³-hybridized carbons (Fsp3) is 0.818. The second-order valence-electron chi connectivity index (χ2n) is 4.87. The molecule has 0 saturated heterocycles. The first-order chi connectivity index (χ1) is 6.95. The number of rotatable bonds is 0. The van der Waals surface area contributed by atoms with Crippen LogP contribution in [0, 0.1) is 11.3 Å². The van der Waals surface area contributed by atoms with Crippen LogP contribution in [0.2, 0.25) is 0 Å². The van der Waals surface area contributed by atoms with Crippen LogP contribution in [0.3, 0.4) is 0 Å². The molecular formula is C11H14Br2O2. The third-order valence-corrected chi connectivity index (χ3v) is 5.63. The fourth-order valence-electron chi connectivity index (χ4n) is 2.81. The summed E-state index contributed by atoms with van der Waals surface area (Å²) in [5, 5.41) is 0. The molecule has 0 heterocycles. The van der Waals surface area contributed by atoms with E-state index in [1.807, 2.05) is 6.92 Å². The summed E-state index contributed by atoms with van der Waals surface area (Å²) < 4.78 is 0. The second kappa shape index (κ2) is 3.95. The summed E-state index contributed by atoms with van der Waals surface area (Å²) >= 11 is 6.82. The zero-order valence-corrected chi connectivity index (χ0v) is 11.8. The number of Topliss-reactive ketones (excluding diaryl/α,β-unsaturated/α-hetero) is 2. The Kier molecular flexibility index (Phi) is 3.10. The van der Waals surface area contributed by atoms with Crippen LogP contribution in [0.1, 0.15) is 32.6 Å². The van der Waals surface area contributed by atoms with Crippen LogP contribution in [0.25, 0.3) is 0 Å². The lowest BCUT2D eigenvalue weighted by Crippen LogP contribution is -2.51. The summed E-state index contributed by atoms with van der Waals surface area (Å²) in [6.07, 6.45) is 3.10. The van der Waals surface area contributed by atoms with Gasteiger partial charge in [0.05, 0.1) is 9.65 Å². The smallest absolute Gasteiger partial charge is 0.152 e. The minimum absolute atomic E-state index is 0.00773. The summed E-state index contributed by atoms with van der Waals surface area (Å²) in [6, 6.07) is 0. The Morgan fingerprint density at radius 1 is 1.20 bits per heavy atom. The number of fused-ring (bicyclic) bond motifs is 1. The minimum atomic E-state index is -0.297. The maximum absolute atomic E-state index is 12.2. The average molecular weight is 338 g/mol. The van der Waals surface area contributed by atoms with Crippen LogP contribution in [0.4, 0.5) is 0 Å². The number of hydrogen-bond donors (Lipinski definition) is 0. The molecule has 2 fully saturated rings. The van der Waals surface area contributed by atoms with Gasteiger partial charge in [-0.1, -0.05) is 38.8 Å². The quantitative estimate of drug-likeness (QED) is 0.637. The summed E-state index contributed by atoms with van der Waals surface area (Å²) in [7, 11) is 0. The van der Waals surface area contributed by atoms with E-state index in [-0.39, 0.29) is 32.6 Å². The molecule has 0 aromatic carbocycles. The van der Waals surface area contributed by atoms with Crippen molar-refractivity contribution >= 4 is 43.4 Å². The highest BCUT2D eigenvalue weighted by molar-refractivity contribution is 9.10. The lowest BCUT2D eigenvalue weighted by molar-refractivity contribution is -0.139. The van der Waals surface area contributed by atoms with E-state index >= 15 is 0 Å². The van der Waals surface area contributed by atoms with Crippen molar-refractivity contribution < 1.29 is 9.59 Å². The lowest BCUT2D eigenvalue weighted by atomic mass is 9.59. The molecule has 4 atom stereocenters. The molecule has 0 radical (unpaired) electrons. The van der Waals surface area contributed by atoms with Gasteiger partial charge in [0.1, 0.15) is 5.78 Å². The summed E-state index contributed by atoms with van der Waals surface area (Å²) in [5.41, 5.74) is -0.297. The molecule has 0 N–H and O–H groups in total. The molecule has 0 aromatic heterocycles. The fourth-order valence-corrected chi connectivity index (χ4v) is 4.45. The van der Waals surface area contributed by atoms with Crippen molar-refractivity contribution in [3.05, 3.63) is 0 Å². The number of hydrogen-bond acceptors (Lipinski definition) is 2. The van der Waals surface area contributed by atoms with E-state index in [2.05, 4.69) is 31.9 Å².